The smallest absolute Gasteiger partial charge is 0.416 e. The summed E-state index contributed by atoms with van der Waals surface area (Å²) in [5.41, 5.74) is -0.160. The summed E-state index contributed by atoms with van der Waals surface area (Å²) in [6.07, 6.45) is -6.01. The number of ether oxygens (including phenoxy) is 2. The number of halogens is 3. The van der Waals surface area contributed by atoms with Gasteiger partial charge in [0.15, 0.2) is 0 Å². The summed E-state index contributed by atoms with van der Waals surface area (Å²) in [5.74, 6) is 0.529. The lowest BCUT2D eigenvalue weighted by Gasteiger charge is -2.37. The number of methoxy groups -OCH3 is 1. The van der Waals surface area contributed by atoms with Gasteiger partial charge >= 0.3 is 6.18 Å². The third kappa shape index (κ3) is 6.07. The summed E-state index contributed by atoms with van der Waals surface area (Å²) in [7, 11) is -2.37. The molecule has 8 nitrogen and oxygen atoms in total. The first-order chi connectivity index (χ1) is 16.6. The normalized spacial score (nSPS) is 24.0. The Morgan fingerprint density at radius 1 is 1.11 bits per heavy atom. The van der Waals surface area contributed by atoms with E-state index in [4.69, 9.17) is 9.47 Å². The van der Waals surface area contributed by atoms with E-state index < -0.39 is 40.0 Å². The van der Waals surface area contributed by atoms with Gasteiger partial charge in [-0.25, -0.2) is 13.1 Å². The Kier molecular flexibility index (Phi) is 7.57. The van der Waals surface area contributed by atoms with Gasteiger partial charge in [0, 0.05) is 38.4 Å². The van der Waals surface area contributed by atoms with Crippen molar-refractivity contribution in [1.29, 1.82) is 0 Å². The van der Waals surface area contributed by atoms with Crippen LogP contribution in [0.3, 0.4) is 0 Å². The predicted molar refractivity (Wildman–Crippen MR) is 123 cm³/mol. The van der Waals surface area contributed by atoms with E-state index in [9.17, 15) is 26.7 Å². The maximum atomic E-state index is 13.0. The van der Waals surface area contributed by atoms with Crippen LogP contribution in [-0.2, 0) is 20.9 Å². The second kappa shape index (κ2) is 10.3. The first-order valence-electron chi connectivity index (χ1n) is 11.2. The van der Waals surface area contributed by atoms with Gasteiger partial charge in [0.05, 0.1) is 42.4 Å². The number of rotatable bonds is 7. The minimum absolute atomic E-state index is 0.0332. The van der Waals surface area contributed by atoms with Crippen LogP contribution in [0.2, 0.25) is 0 Å². The number of benzene rings is 2. The van der Waals surface area contributed by atoms with Gasteiger partial charge in [0.2, 0.25) is 10.0 Å². The maximum absolute atomic E-state index is 13.0. The zero-order valence-electron chi connectivity index (χ0n) is 19.1. The van der Waals surface area contributed by atoms with E-state index in [1.165, 1.54) is 37.4 Å². The summed E-state index contributed by atoms with van der Waals surface area (Å²) in [6.45, 7) is 2.62. The lowest BCUT2D eigenvalue weighted by molar-refractivity contribution is -0.137. The number of aliphatic hydroxyl groups excluding tert-OH is 1. The van der Waals surface area contributed by atoms with Gasteiger partial charge in [-0.2, -0.15) is 13.2 Å². The second-order valence-electron chi connectivity index (χ2n) is 8.60. The van der Waals surface area contributed by atoms with E-state index >= 15 is 0 Å². The van der Waals surface area contributed by atoms with Gasteiger partial charge in [0.25, 0.3) is 0 Å². The van der Waals surface area contributed by atoms with Crippen molar-refractivity contribution in [3.05, 3.63) is 54.1 Å². The second-order valence-corrected chi connectivity index (χ2v) is 10.3. The molecule has 2 aromatic carbocycles. The van der Waals surface area contributed by atoms with E-state index in [1.54, 1.807) is 6.07 Å². The summed E-state index contributed by atoms with van der Waals surface area (Å²) >= 11 is 0. The van der Waals surface area contributed by atoms with Crippen LogP contribution < -0.4 is 14.4 Å². The number of nitrogens with one attached hydrogen (secondary N) is 1. The van der Waals surface area contributed by atoms with E-state index in [-0.39, 0.29) is 11.5 Å². The lowest BCUT2D eigenvalue weighted by atomic mass is 10.1. The van der Waals surface area contributed by atoms with Gasteiger partial charge in [-0.1, -0.05) is 6.07 Å². The number of anilines is 1. The summed E-state index contributed by atoms with van der Waals surface area (Å²) in [6, 6.07) is 10.4. The fourth-order valence-electron chi connectivity index (χ4n) is 4.29. The highest BCUT2D eigenvalue weighted by atomic mass is 32.2. The average Bonchev–Trinajstić information content (AvgIpc) is 3.17. The van der Waals surface area contributed by atoms with Crippen LogP contribution in [-0.4, -0.2) is 83.1 Å². The Bertz CT molecular complexity index is 1110. The van der Waals surface area contributed by atoms with Crippen molar-refractivity contribution in [1.82, 2.24) is 9.62 Å². The largest absolute Gasteiger partial charge is 0.497 e. The van der Waals surface area contributed by atoms with E-state index in [2.05, 4.69) is 9.62 Å². The maximum Gasteiger partial charge on any atom is 0.416 e. The SMILES string of the molecule is COc1ccc(S(=O)(=O)NC2COC(CN3CCN(c4cccc(C(F)(F)F)c4)CC3)C2O)cc1. The molecule has 0 saturated carbocycles. The van der Waals surface area contributed by atoms with Crippen LogP contribution in [0.15, 0.2) is 53.4 Å². The molecule has 0 spiro atoms. The highest BCUT2D eigenvalue weighted by Crippen LogP contribution is 2.32. The standard InChI is InChI=1S/C23H28F3N3O5S/c1-33-18-5-7-19(8-6-18)35(31,32)27-20-15-34-21(22(20)30)14-28-9-11-29(12-10-28)17-4-2-3-16(13-17)23(24,25)26/h2-8,13,20-22,27,30H,9-12,14-15H2,1H3. The van der Waals surface area contributed by atoms with Gasteiger partial charge in [-0.15, -0.1) is 0 Å². The molecule has 2 heterocycles. The van der Waals surface area contributed by atoms with Crippen molar-refractivity contribution in [2.75, 3.05) is 51.3 Å². The molecule has 2 fully saturated rings. The number of alkyl halides is 3. The first kappa shape index (κ1) is 25.7. The Morgan fingerprint density at radius 2 is 1.80 bits per heavy atom. The Balaban J connectivity index is 1.30. The molecule has 0 radical (unpaired) electrons. The fourth-order valence-corrected chi connectivity index (χ4v) is 5.53. The van der Waals surface area contributed by atoms with Crippen molar-refractivity contribution in [2.45, 2.75) is 29.3 Å². The van der Waals surface area contributed by atoms with Gasteiger partial charge in [0.1, 0.15) is 5.75 Å². The highest BCUT2D eigenvalue weighted by molar-refractivity contribution is 7.89. The summed E-state index contributed by atoms with van der Waals surface area (Å²) < 4.78 is 77.6. The van der Waals surface area contributed by atoms with Crippen molar-refractivity contribution in [3.8, 4) is 5.75 Å². The van der Waals surface area contributed by atoms with E-state index in [0.717, 1.165) is 12.1 Å². The van der Waals surface area contributed by atoms with Crippen LogP contribution in [0.4, 0.5) is 18.9 Å². The van der Waals surface area contributed by atoms with Crippen LogP contribution in [0.1, 0.15) is 5.56 Å². The molecule has 2 aromatic rings. The van der Waals surface area contributed by atoms with Crippen LogP contribution in [0.5, 0.6) is 5.75 Å². The fraction of sp³-hybridized carbons (Fsp3) is 0.478. The van der Waals surface area contributed by atoms with E-state index in [0.29, 0.717) is 44.2 Å². The Hall–Kier alpha value is -2.38. The molecule has 0 aromatic heterocycles. The molecule has 2 N–H and O–H groups in total. The highest BCUT2D eigenvalue weighted by Gasteiger charge is 2.39. The molecule has 3 unspecified atom stereocenters. The van der Waals surface area contributed by atoms with E-state index in [1.807, 2.05) is 4.90 Å². The molecule has 2 aliphatic heterocycles. The monoisotopic (exact) mass is 515 g/mol. The molecule has 192 valence electrons. The number of nitrogens with zero attached hydrogens (tertiary/aromatic N) is 2. The molecule has 4 rings (SSSR count). The number of piperazine rings is 1. The van der Waals surface area contributed by atoms with Gasteiger partial charge in [-0.05, 0) is 42.5 Å². The predicted octanol–water partition coefficient (Wildman–Crippen LogP) is 1.94. The van der Waals surface area contributed by atoms with Crippen molar-refractivity contribution >= 4 is 15.7 Å². The molecule has 2 aliphatic rings. The quantitative estimate of drug-likeness (QED) is 0.583. The molecular weight excluding hydrogens is 487 g/mol. The number of hydrogen-bond acceptors (Lipinski definition) is 7. The topological polar surface area (TPSA) is 91.3 Å². The van der Waals surface area contributed by atoms with Crippen LogP contribution >= 0.6 is 0 Å². The van der Waals surface area contributed by atoms with Crippen molar-refractivity contribution in [3.63, 3.8) is 0 Å². The zero-order chi connectivity index (χ0) is 25.2. The van der Waals surface area contributed by atoms with Gasteiger partial charge in [-0.3, -0.25) is 4.90 Å². The van der Waals surface area contributed by atoms with Crippen molar-refractivity contribution < 1.29 is 36.2 Å². The molecule has 0 amide bonds. The number of sulfonamides is 1. The molecule has 3 atom stereocenters. The lowest BCUT2D eigenvalue weighted by Crippen LogP contribution is -2.51. The third-order valence-corrected chi connectivity index (χ3v) is 7.81. The summed E-state index contributed by atoms with van der Waals surface area (Å²) in [4.78, 5) is 4.00. The molecule has 12 heteroatoms. The third-order valence-electron chi connectivity index (χ3n) is 6.31. The van der Waals surface area contributed by atoms with Crippen molar-refractivity contribution in [2.24, 2.45) is 0 Å². The van der Waals surface area contributed by atoms with Crippen LogP contribution in [0.25, 0.3) is 0 Å². The zero-order valence-corrected chi connectivity index (χ0v) is 19.9. The minimum atomic E-state index is -4.39. The Morgan fingerprint density at radius 3 is 2.43 bits per heavy atom. The number of aliphatic hydroxyl groups is 1. The molecule has 2 saturated heterocycles. The molecule has 35 heavy (non-hydrogen) atoms. The van der Waals surface area contributed by atoms with Crippen LogP contribution in [0, 0.1) is 0 Å². The molecular formula is C23H28F3N3O5S. The summed E-state index contributed by atoms with van der Waals surface area (Å²) in [5, 5.41) is 10.7. The molecule has 0 bridgehead atoms. The average molecular weight is 516 g/mol. The van der Waals surface area contributed by atoms with Gasteiger partial charge < -0.3 is 19.5 Å². The Labute approximate surface area is 202 Å². The first-order valence-corrected chi connectivity index (χ1v) is 12.7. The molecule has 0 aliphatic carbocycles. The number of hydrogen-bond donors (Lipinski definition) is 2. The minimum Gasteiger partial charge on any atom is -0.497 e.